The van der Waals surface area contributed by atoms with E-state index < -0.39 is 31.6 Å². The van der Waals surface area contributed by atoms with Crippen molar-refractivity contribution in [2.24, 2.45) is 4.99 Å². The number of aliphatic hydroxyl groups excluding tert-OH is 3. The molecular formula is C18H29NO6. The molecule has 1 rings (SSSR count). The number of aromatic hydroxyl groups is 1. The summed E-state index contributed by atoms with van der Waals surface area (Å²) in [5, 5.41) is 38.8. The number of phenols is 1. The molecule has 0 radical (unpaired) electrons. The van der Waals surface area contributed by atoms with Crippen molar-refractivity contribution < 1.29 is 29.9 Å². The molecule has 0 unspecified atom stereocenters. The molecule has 4 N–H and O–H groups in total. The Balaban J connectivity index is 3.51. The van der Waals surface area contributed by atoms with Crippen molar-refractivity contribution >= 4 is 6.21 Å². The number of hydrogen-bond acceptors (Lipinski definition) is 7. The van der Waals surface area contributed by atoms with E-state index in [-0.39, 0.29) is 11.2 Å². The summed E-state index contributed by atoms with van der Waals surface area (Å²) in [4.78, 5) is 4.10. The van der Waals surface area contributed by atoms with E-state index in [1.54, 1.807) is 6.07 Å². The fourth-order valence-corrected chi connectivity index (χ4v) is 2.22. The topological polar surface area (TPSA) is 112 Å². The summed E-state index contributed by atoms with van der Waals surface area (Å²) >= 11 is 0. The van der Waals surface area contributed by atoms with Crippen molar-refractivity contribution in [3.05, 3.63) is 28.8 Å². The van der Waals surface area contributed by atoms with Gasteiger partial charge in [-0.05, 0) is 23.1 Å². The van der Waals surface area contributed by atoms with Gasteiger partial charge in [-0.15, -0.1) is 0 Å². The summed E-state index contributed by atoms with van der Waals surface area (Å²) in [6.45, 7) is 4.50. The van der Waals surface area contributed by atoms with Crippen LogP contribution in [0.1, 0.15) is 43.8 Å². The minimum Gasteiger partial charge on any atom is -0.507 e. The minimum absolute atomic E-state index is 0.0758. The van der Waals surface area contributed by atoms with Gasteiger partial charge >= 0.3 is 0 Å². The van der Waals surface area contributed by atoms with Crippen LogP contribution in [0.5, 0.6) is 5.75 Å². The number of methoxy groups -OCH3 is 2. The van der Waals surface area contributed by atoms with Crippen molar-refractivity contribution in [3.8, 4) is 5.75 Å². The predicted octanol–water partition coefficient (Wildman–Crippen LogP) is 1.12. The second-order valence-electron chi connectivity index (χ2n) is 7.01. The van der Waals surface area contributed by atoms with Gasteiger partial charge in [0.05, 0.1) is 25.4 Å². The number of hydrogen-bond donors (Lipinski definition) is 4. The van der Waals surface area contributed by atoms with Crippen LogP contribution in [-0.2, 0) is 14.9 Å². The van der Waals surface area contributed by atoms with E-state index in [0.717, 1.165) is 5.56 Å². The highest BCUT2D eigenvalue weighted by Crippen LogP contribution is 2.35. The van der Waals surface area contributed by atoms with Crippen molar-refractivity contribution in [3.63, 3.8) is 0 Å². The molecule has 0 aliphatic heterocycles. The molecule has 0 saturated carbocycles. The number of benzene rings is 1. The number of ether oxygens (including phenoxy) is 2. The maximum absolute atomic E-state index is 10.6. The van der Waals surface area contributed by atoms with Crippen molar-refractivity contribution in [2.75, 3.05) is 34.0 Å². The third kappa shape index (κ3) is 4.99. The summed E-state index contributed by atoms with van der Waals surface area (Å²) < 4.78 is 10.5. The van der Waals surface area contributed by atoms with Crippen molar-refractivity contribution in [2.45, 2.75) is 38.0 Å². The summed E-state index contributed by atoms with van der Waals surface area (Å²) in [5.74, 6) is -0.0758. The standard InChI is InChI=1S/C18H29NO6/c1-17(2,3)13-6-12(8-19-18(9-20,10-21)11-22)15(23)14(7-13)16(24-4)25-5/h6-8,16,20-23H,9-11H2,1-5H3. The van der Waals surface area contributed by atoms with Gasteiger partial charge in [0.25, 0.3) is 0 Å². The van der Waals surface area contributed by atoms with Gasteiger partial charge in [-0.25, -0.2) is 0 Å². The van der Waals surface area contributed by atoms with E-state index >= 15 is 0 Å². The van der Waals surface area contributed by atoms with Crippen molar-refractivity contribution in [1.82, 2.24) is 0 Å². The molecule has 0 heterocycles. The van der Waals surface area contributed by atoms with E-state index in [4.69, 9.17) is 9.47 Å². The first kappa shape index (κ1) is 21.5. The van der Waals surface area contributed by atoms with E-state index in [1.165, 1.54) is 20.4 Å². The first-order valence-corrected chi connectivity index (χ1v) is 7.98. The smallest absolute Gasteiger partial charge is 0.186 e. The molecule has 7 heteroatoms. The molecule has 1 aromatic rings. The lowest BCUT2D eigenvalue weighted by Gasteiger charge is -2.25. The second kappa shape index (κ2) is 8.73. The SMILES string of the molecule is COC(OC)c1cc(C(C)(C)C)cc(C=NC(CO)(CO)CO)c1O. The third-order valence-electron chi connectivity index (χ3n) is 4.08. The molecule has 0 amide bonds. The fraction of sp³-hybridized carbons (Fsp3) is 0.611. The Morgan fingerprint density at radius 1 is 1.04 bits per heavy atom. The Kier molecular flexibility index (Phi) is 7.52. The van der Waals surface area contributed by atoms with Crippen LogP contribution in [-0.4, -0.2) is 66.2 Å². The monoisotopic (exact) mass is 355 g/mol. The highest BCUT2D eigenvalue weighted by atomic mass is 16.7. The van der Waals surface area contributed by atoms with Crippen LogP contribution in [0.3, 0.4) is 0 Å². The second-order valence-corrected chi connectivity index (χ2v) is 7.01. The third-order valence-corrected chi connectivity index (χ3v) is 4.08. The fourth-order valence-electron chi connectivity index (χ4n) is 2.22. The molecule has 0 aliphatic carbocycles. The molecule has 0 aliphatic rings. The van der Waals surface area contributed by atoms with E-state index in [1.807, 2.05) is 26.8 Å². The molecule has 0 atom stereocenters. The van der Waals surface area contributed by atoms with Crippen LogP contribution in [0.4, 0.5) is 0 Å². The molecule has 0 spiro atoms. The van der Waals surface area contributed by atoms with E-state index in [2.05, 4.69) is 4.99 Å². The average molecular weight is 355 g/mol. The molecule has 142 valence electrons. The number of aliphatic hydroxyl groups is 3. The molecule has 1 aromatic carbocycles. The van der Waals surface area contributed by atoms with Crippen LogP contribution in [0.15, 0.2) is 17.1 Å². The first-order chi connectivity index (χ1) is 11.7. The predicted molar refractivity (Wildman–Crippen MR) is 95.1 cm³/mol. The highest BCUT2D eigenvalue weighted by molar-refractivity contribution is 5.85. The molecular weight excluding hydrogens is 326 g/mol. The van der Waals surface area contributed by atoms with Gasteiger partial charge in [0.15, 0.2) is 6.29 Å². The molecule has 0 saturated heterocycles. The van der Waals surface area contributed by atoms with Gasteiger partial charge in [0.1, 0.15) is 11.3 Å². The molecule has 0 fully saturated rings. The van der Waals surface area contributed by atoms with Crippen LogP contribution in [0.25, 0.3) is 0 Å². The quantitative estimate of drug-likeness (QED) is 0.411. The van der Waals surface area contributed by atoms with Gasteiger partial charge in [-0.3, -0.25) is 4.99 Å². The normalized spacial score (nSPS) is 13.2. The summed E-state index contributed by atoms with van der Waals surface area (Å²) in [6.07, 6.45) is 0.576. The van der Waals surface area contributed by atoms with E-state index in [0.29, 0.717) is 11.1 Å². The van der Waals surface area contributed by atoms with Crippen LogP contribution in [0, 0.1) is 0 Å². The molecule has 25 heavy (non-hydrogen) atoms. The minimum atomic E-state index is -1.41. The number of rotatable bonds is 8. The summed E-state index contributed by atoms with van der Waals surface area (Å²) in [6, 6.07) is 3.57. The largest absolute Gasteiger partial charge is 0.507 e. The van der Waals surface area contributed by atoms with Crippen LogP contribution >= 0.6 is 0 Å². The maximum atomic E-state index is 10.6. The molecule has 7 nitrogen and oxygen atoms in total. The zero-order chi connectivity index (χ0) is 19.3. The van der Waals surface area contributed by atoms with Gasteiger partial charge < -0.3 is 29.9 Å². The van der Waals surface area contributed by atoms with Gasteiger partial charge in [0.2, 0.25) is 0 Å². The summed E-state index contributed by atoms with van der Waals surface area (Å²) in [5.41, 5.74) is 0.122. The van der Waals surface area contributed by atoms with Crippen LogP contribution < -0.4 is 0 Å². The average Bonchev–Trinajstić information content (AvgIpc) is 2.59. The van der Waals surface area contributed by atoms with Crippen molar-refractivity contribution in [1.29, 1.82) is 0 Å². The lowest BCUT2D eigenvalue weighted by atomic mass is 9.84. The lowest BCUT2D eigenvalue weighted by Crippen LogP contribution is -2.39. The Hall–Kier alpha value is -1.51. The zero-order valence-electron chi connectivity index (χ0n) is 15.5. The zero-order valence-corrected chi connectivity index (χ0v) is 15.5. The summed E-state index contributed by atoms with van der Waals surface area (Å²) in [7, 11) is 2.94. The van der Waals surface area contributed by atoms with E-state index in [9.17, 15) is 20.4 Å². The van der Waals surface area contributed by atoms with Gasteiger partial charge in [0, 0.05) is 26.0 Å². The highest BCUT2D eigenvalue weighted by Gasteiger charge is 2.27. The van der Waals surface area contributed by atoms with Crippen LogP contribution in [0.2, 0.25) is 0 Å². The lowest BCUT2D eigenvalue weighted by molar-refractivity contribution is -0.107. The van der Waals surface area contributed by atoms with Gasteiger partial charge in [-0.2, -0.15) is 0 Å². The molecule has 0 aromatic heterocycles. The maximum Gasteiger partial charge on any atom is 0.186 e. The Bertz CT molecular complexity index is 578. The molecule has 0 bridgehead atoms. The number of nitrogens with zero attached hydrogens (tertiary/aromatic N) is 1. The number of phenolic OH excluding ortho intramolecular Hbond substituents is 1. The Morgan fingerprint density at radius 3 is 1.96 bits per heavy atom. The van der Waals surface area contributed by atoms with Gasteiger partial charge in [-0.1, -0.05) is 20.8 Å². The Morgan fingerprint density at radius 2 is 1.56 bits per heavy atom. The Labute approximate surface area is 148 Å². The first-order valence-electron chi connectivity index (χ1n) is 7.98. The number of aliphatic imine (C=N–C) groups is 1.